The third-order valence-corrected chi connectivity index (χ3v) is 9.23. The quantitative estimate of drug-likeness (QED) is 0.409. The molecular weight excluding hydrogens is 514 g/mol. The minimum absolute atomic E-state index is 0.0285. The molecule has 39 heavy (non-hydrogen) atoms. The first kappa shape index (κ1) is 25.9. The van der Waals surface area contributed by atoms with E-state index in [9.17, 15) is 13.2 Å². The topological polar surface area (TPSA) is 135 Å². The molecule has 0 radical (unpaired) electrons. The van der Waals surface area contributed by atoms with Crippen LogP contribution in [0.4, 0.5) is 0 Å². The largest absolute Gasteiger partial charge is 0.380 e. The van der Waals surface area contributed by atoms with Crippen molar-refractivity contribution in [3.63, 3.8) is 0 Å². The molecule has 206 valence electrons. The summed E-state index contributed by atoms with van der Waals surface area (Å²) in [5, 5.41) is 8.48. The van der Waals surface area contributed by atoms with Crippen LogP contribution in [0.2, 0.25) is 0 Å². The van der Waals surface area contributed by atoms with Crippen LogP contribution in [0, 0.1) is 11.3 Å². The van der Waals surface area contributed by atoms with Gasteiger partial charge in [-0.2, -0.15) is 13.6 Å². The molecule has 1 aromatic rings. The normalized spacial score (nSPS) is 25.8. The molecule has 0 fully saturated rings. The molecule has 1 aromatic heterocycles. The molecule has 0 aromatic carbocycles. The number of aromatic nitrogens is 1. The van der Waals surface area contributed by atoms with E-state index in [2.05, 4.69) is 35.0 Å². The summed E-state index contributed by atoms with van der Waals surface area (Å²) in [6, 6.07) is 5.79. The highest BCUT2D eigenvalue weighted by Crippen LogP contribution is 2.57. The van der Waals surface area contributed by atoms with E-state index in [0.717, 1.165) is 84.3 Å². The lowest BCUT2D eigenvalue weighted by Crippen LogP contribution is -2.46. The molecule has 2 heterocycles. The fraction of sp³-hybridized carbons (Fsp3) is 0.448. The SMILES string of the molecule is CCC1=C2C(OS(N)(=O)=O)=CC3=C(NNC4=C3CC3=C4C(C(=O)NCCc4ccccn4)CC3)C2(C)CCC1. The summed E-state index contributed by atoms with van der Waals surface area (Å²) < 4.78 is 29.6. The van der Waals surface area contributed by atoms with Crippen LogP contribution in [-0.4, -0.2) is 25.9 Å². The number of carbonyl (C=O) groups is 1. The molecule has 2 atom stereocenters. The van der Waals surface area contributed by atoms with Crippen molar-refractivity contribution in [2.45, 2.75) is 65.2 Å². The molecule has 5 aliphatic rings. The number of fused-ring (bicyclic) bond motifs is 4. The fourth-order valence-electron chi connectivity index (χ4n) is 7.14. The molecule has 1 aliphatic heterocycles. The van der Waals surface area contributed by atoms with Crippen molar-refractivity contribution in [3.05, 3.63) is 86.8 Å². The monoisotopic (exact) mass is 549 g/mol. The molecule has 0 saturated heterocycles. The van der Waals surface area contributed by atoms with E-state index in [1.165, 1.54) is 11.1 Å². The highest BCUT2D eigenvalue weighted by Gasteiger charge is 2.48. The van der Waals surface area contributed by atoms with Gasteiger partial charge in [-0.3, -0.25) is 9.78 Å². The van der Waals surface area contributed by atoms with Crippen LogP contribution in [0.5, 0.6) is 0 Å². The minimum atomic E-state index is -4.20. The highest BCUT2D eigenvalue weighted by molar-refractivity contribution is 7.84. The number of hydrogen-bond donors (Lipinski definition) is 4. The maximum absolute atomic E-state index is 13.3. The Bertz CT molecular complexity index is 1500. The van der Waals surface area contributed by atoms with Gasteiger partial charge < -0.3 is 20.4 Å². The lowest BCUT2D eigenvalue weighted by Gasteiger charge is -2.45. The fourth-order valence-corrected chi connectivity index (χ4v) is 7.52. The van der Waals surface area contributed by atoms with Crippen LogP contribution in [0.15, 0.2) is 81.1 Å². The summed E-state index contributed by atoms with van der Waals surface area (Å²) in [5.41, 5.74) is 15.9. The molecule has 0 bridgehead atoms. The predicted octanol–water partition coefficient (Wildman–Crippen LogP) is 3.48. The Hall–Kier alpha value is -3.37. The number of hydrogen-bond acceptors (Lipinski definition) is 7. The minimum Gasteiger partial charge on any atom is -0.371 e. The Morgan fingerprint density at radius 2 is 2.13 bits per heavy atom. The lowest BCUT2D eigenvalue weighted by atomic mass is 9.64. The maximum Gasteiger partial charge on any atom is 0.380 e. The van der Waals surface area contributed by atoms with Crippen LogP contribution in [0.3, 0.4) is 0 Å². The second kappa shape index (κ2) is 9.67. The van der Waals surface area contributed by atoms with Gasteiger partial charge in [0, 0.05) is 47.1 Å². The first-order valence-electron chi connectivity index (χ1n) is 13.8. The standard InChI is InChI=1S/C29H35N5O4S/c1-3-17-7-6-12-29(2)25(17)23(38-39(30,36)37)16-22-21-15-18-9-10-20(24(18)26(21)33-34-27(22)29)28(35)32-14-11-19-8-4-5-13-31-19/h4-5,8,13,16,20,33-34H,3,6-7,9-12,14-15H2,1-2H3,(H,32,35)(H2,30,36,37). The zero-order valence-corrected chi connectivity index (χ0v) is 23.2. The third-order valence-electron chi connectivity index (χ3n) is 8.82. The number of amides is 1. The molecule has 10 heteroatoms. The van der Waals surface area contributed by atoms with Gasteiger partial charge in [0.2, 0.25) is 5.91 Å². The number of pyridine rings is 1. The number of nitrogens with zero attached hydrogens (tertiary/aromatic N) is 1. The van der Waals surface area contributed by atoms with Crippen LogP contribution >= 0.6 is 0 Å². The second-order valence-electron chi connectivity index (χ2n) is 11.1. The van der Waals surface area contributed by atoms with E-state index in [1.54, 1.807) is 6.20 Å². The van der Waals surface area contributed by atoms with Crippen molar-refractivity contribution in [2.24, 2.45) is 16.5 Å². The molecule has 9 nitrogen and oxygen atoms in total. The second-order valence-corrected chi connectivity index (χ2v) is 12.3. The maximum atomic E-state index is 13.3. The molecule has 5 N–H and O–H groups in total. The zero-order chi connectivity index (χ0) is 27.4. The molecule has 1 amide bonds. The van der Waals surface area contributed by atoms with Crippen LogP contribution in [0.25, 0.3) is 0 Å². The van der Waals surface area contributed by atoms with Crippen molar-refractivity contribution in [1.82, 2.24) is 21.2 Å². The summed E-state index contributed by atoms with van der Waals surface area (Å²) in [7, 11) is -4.20. The van der Waals surface area contributed by atoms with E-state index in [0.29, 0.717) is 18.7 Å². The van der Waals surface area contributed by atoms with E-state index in [1.807, 2.05) is 24.3 Å². The average molecular weight is 550 g/mol. The zero-order valence-electron chi connectivity index (χ0n) is 22.4. The number of carbonyl (C=O) groups excluding carboxylic acids is 1. The Morgan fingerprint density at radius 3 is 2.87 bits per heavy atom. The number of rotatable bonds is 7. The van der Waals surface area contributed by atoms with Gasteiger partial charge in [0.1, 0.15) is 5.76 Å². The number of allylic oxidation sites excluding steroid dienone is 8. The molecule has 0 saturated carbocycles. The Balaban J connectivity index is 1.31. The molecule has 6 rings (SSSR count). The molecule has 4 aliphatic carbocycles. The van der Waals surface area contributed by atoms with E-state index < -0.39 is 15.7 Å². The van der Waals surface area contributed by atoms with Crippen molar-refractivity contribution >= 4 is 16.2 Å². The Kier molecular flexibility index (Phi) is 6.42. The van der Waals surface area contributed by atoms with Crippen LogP contribution in [-0.2, 0) is 25.7 Å². The van der Waals surface area contributed by atoms with Crippen molar-refractivity contribution < 1.29 is 17.4 Å². The average Bonchev–Trinajstić information content (AvgIpc) is 3.48. The molecule has 0 spiro atoms. The third kappa shape index (κ3) is 4.49. The number of nitrogens with one attached hydrogen (secondary N) is 3. The van der Waals surface area contributed by atoms with Crippen molar-refractivity contribution in [1.29, 1.82) is 0 Å². The van der Waals surface area contributed by atoms with Gasteiger partial charge in [0.25, 0.3) is 0 Å². The molecular formula is C29H35N5O4S. The van der Waals surface area contributed by atoms with Gasteiger partial charge in [0.15, 0.2) is 0 Å². The van der Waals surface area contributed by atoms with Crippen LogP contribution in [0.1, 0.15) is 64.5 Å². The summed E-state index contributed by atoms with van der Waals surface area (Å²) in [5.74, 6) is 0.121. The van der Waals surface area contributed by atoms with Gasteiger partial charge in [-0.05, 0) is 81.2 Å². The van der Waals surface area contributed by atoms with Gasteiger partial charge >= 0.3 is 10.3 Å². The van der Waals surface area contributed by atoms with E-state index in [-0.39, 0.29) is 11.8 Å². The summed E-state index contributed by atoms with van der Waals surface area (Å²) in [6.45, 7) is 4.78. The first-order chi connectivity index (χ1) is 18.7. The predicted molar refractivity (Wildman–Crippen MR) is 147 cm³/mol. The van der Waals surface area contributed by atoms with Crippen molar-refractivity contribution in [3.8, 4) is 0 Å². The van der Waals surface area contributed by atoms with Gasteiger partial charge in [-0.1, -0.05) is 24.1 Å². The first-order valence-corrected chi connectivity index (χ1v) is 15.2. The summed E-state index contributed by atoms with van der Waals surface area (Å²) >= 11 is 0. The van der Waals surface area contributed by atoms with Crippen LogP contribution < -0.4 is 21.3 Å². The van der Waals surface area contributed by atoms with E-state index >= 15 is 0 Å². The van der Waals surface area contributed by atoms with Gasteiger partial charge in [-0.15, -0.1) is 0 Å². The lowest BCUT2D eigenvalue weighted by molar-refractivity contribution is -0.123. The van der Waals surface area contributed by atoms with Gasteiger partial charge in [-0.25, -0.2) is 0 Å². The van der Waals surface area contributed by atoms with E-state index in [4.69, 9.17) is 9.32 Å². The Labute approximate surface area is 229 Å². The van der Waals surface area contributed by atoms with Gasteiger partial charge in [0.05, 0.1) is 11.6 Å². The summed E-state index contributed by atoms with van der Waals surface area (Å²) in [4.78, 5) is 17.6. The Morgan fingerprint density at radius 1 is 1.28 bits per heavy atom. The number of hydrazine groups is 1. The smallest absolute Gasteiger partial charge is 0.371 e. The number of nitrogens with two attached hydrogens (primary N) is 1. The molecule has 2 unspecified atom stereocenters. The highest BCUT2D eigenvalue weighted by atomic mass is 32.2. The summed E-state index contributed by atoms with van der Waals surface area (Å²) in [6.07, 6.45) is 10.2. The van der Waals surface area contributed by atoms with Crippen molar-refractivity contribution in [2.75, 3.05) is 6.54 Å².